The molecule has 0 bridgehead atoms. The first kappa shape index (κ1) is 20.7. The van der Waals surface area contributed by atoms with Gasteiger partial charge in [0.1, 0.15) is 17.3 Å². The van der Waals surface area contributed by atoms with Crippen molar-refractivity contribution in [1.29, 1.82) is 0 Å². The monoisotopic (exact) mass is 439 g/mol. The molecule has 0 radical (unpaired) electrons. The van der Waals surface area contributed by atoms with E-state index in [4.69, 9.17) is 14.6 Å². The van der Waals surface area contributed by atoms with Gasteiger partial charge in [0, 0.05) is 16.6 Å². The van der Waals surface area contributed by atoms with E-state index >= 15 is 0 Å². The van der Waals surface area contributed by atoms with Crippen LogP contribution in [0.15, 0.2) is 40.9 Å². The van der Waals surface area contributed by atoms with E-state index in [0.717, 1.165) is 6.42 Å². The molecule has 0 aliphatic carbocycles. The highest BCUT2D eigenvalue weighted by atomic mass is 79.9. The fourth-order valence-electron chi connectivity index (χ4n) is 2.20. The average molecular weight is 440 g/mol. The van der Waals surface area contributed by atoms with E-state index in [1.165, 1.54) is 18.2 Å². The van der Waals surface area contributed by atoms with Crippen LogP contribution in [0, 0.1) is 5.82 Å². The molecule has 0 atom stereocenters. The topological polar surface area (TPSA) is 84.9 Å². The van der Waals surface area contributed by atoms with Gasteiger partial charge in [-0.15, -0.1) is 0 Å². The third-order valence-corrected chi connectivity index (χ3v) is 3.97. The zero-order valence-electron chi connectivity index (χ0n) is 14.6. The molecule has 0 aliphatic heterocycles. The molecule has 1 amide bonds. The molecule has 27 heavy (non-hydrogen) atoms. The van der Waals surface area contributed by atoms with Crippen LogP contribution in [0.5, 0.6) is 11.5 Å². The Morgan fingerprint density at radius 2 is 1.96 bits per heavy atom. The first-order valence-electron chi connectivity index (χ1n) is 8.24. The third kappa shape index (κ3) is 6.25. The fourth-order valence-corrected chi connectivity index (χ4v) is 2.53. The molecule has 0 heterocycles. The molecule has 0 aromatic heterocycles. The van der Waals surface area contributed by atoms with Gasteiger partial charge in [0.25, 0.3) is 5.91 Å². The number of nitrogens with one attached hydrogen (secondary N) is 1. The summed E-state index contributed by atoms with van der Waals surface area (Å²) in [6.07, 6.45) is 0.793. The highest BCUT2D eigenvalue weighted by Crippen LogP contribution is 2.25. The maximum atomic E-state index is 13.9. The van der Waals surface area contributed by atoms with Crippen molar-refractivity contribution >= 4 is 27.8 Å². The summed E-state index contributed by atoms with van der Waals surface area (Å²) >= 11 is 3.17. The minimum Gasteiger partial charge on any atom is -0.494 e. The summed E-state index contributed by atoms with van der Waals surface area (Å²) in [4.78, 5) is 23.3. The zero-order chi connectivity index (χ0) is 19.8. The van der Waals surface area contributed by atoms with Gasteiger partial charge >= 0.3 is 5.97 Å². The van der Waals surface area contributed by atoms with Crippen LogP contribution in [0.4, 0.5) is 4.39 Å². The molecule has 8 heteroatoms. The summed E-state index contributed by atoms with van der Waals surface area (Å²) in [5.74, 6) is -1.58. The lowest BCUT2D eigenvalue weighted by Gasteiger charge is -2.13. The molecular formula is C19H19BrFNO5. The molecule has 0 unspecified atom stereocenters. The lowest BCUT2D eigenvalue weighted by molar-refractivity contribution is -0.139. The Balaban J connectivity index is 2.18. The fraction of sp³-hybridized carbons (Fsp3) is 0.263. The number of ether oxygens (including phenoxy) is 2. The van der Waals surface area contributed by atoms with Crippen molar-refractivity contribution in [2.24, 2.45) is 0 Å². The predicted octanol–water partition coefficient (Wildman–Crippen LogP) is 3.77. The Kier molecular flexibility index (Phi) is 7.60. The lowest BCUT2D eigenvalue weighted by atomic mass is 10.1. The third-order valence-electron chi connectivity index (χ3n) is 3.47. The Morgan fingerprint density at radius 3 is 2.63 bits per heavy atom. The summed E-state index contributed by atoms with van der Waals surface area (Å²) in [6, 6.07) is 9.08. The Bertz CT molecular complexity index is 828. The molecule has 144 valence electrons. The van der Waals surface area contributed by atoms with E-state index < -0.39 is 24.3 Å². The summed E-state index contributed by atoms with van der Waals surface area (Å²) in [5, 5.41) is 11.4. The number of carbonyl (C=O) groups is 2. The Labute approximate surface area is 164 Å². The van der Waals surface area contributed by atoms with E-state index in [0.29, 0.717) is 22.4 Å². The van der Waals surface area contributed by atoms with Crippen molar-refractivity contribution in [3.8, 4) is 11.5 Å². The van der Waals surface area contributed by atoms with Crippen LogP contribution in [0.2, 0.25) is 0 Å². The molecule has 0 spiro atoms. The number of carboxylic acid groups (broad SMARTS) is 1. The average Bonchev–Trinajstić information content (AvgIpc) is 2.64. The van der Waals surface area contributed by atoms with Crippen LogP contribution < -0.4 is 14.8 Å². The van der Waals surface area contributed by atoms with Gasteiger partial charge in [0.15, 0.2) is 6.61 Å². The summed E-state index contributed by atoms with van der Waals surface area (Å²) in [6.45, 7) is 1.80. The van der Waals surface area contributed by atoms with Crippen LogP contribution in [0.25, 0.3) is 0 Å². The second-order valence-corrected chi connectivity index (χ2v) is 6.52. The van der Waals surface area contributed by atoms with Crippen molar-refractivity contribution in [2.45, 2.75) is 19.9 Å². The second kappa shape index (κ2) is 9.91. The molecular weight excluding hydrogens is 421 g/mol. The highest BCUT2D eigenvalue weighted by Gasteiger charge is 2.16. The molecule has 0 fully saturated rings. The van der Waals surface area contributed by atoms with Crippen molar-refractivity contribution in [2.75, 3.05) is 13.2 Å². The summed E-state index contributed by atoms with van der Waals surface area (Å²) in [5.41, 5.74) is 0.431. The number of hydrogen-bond donors (Lipinski definition) is 2. The van der Waals surface area contributed by atoms with Crippen LogP contribution in [-0.4, -0.2) is 30.2 Å². The minimum atomic E-state index is -1.16. The minimum absolute atomic E-state index is 0.0314. The van der Waals surface area contributed by atoms with Crippen LogP contribution in [0.1, 0.15) is 29.3 Å². The molecule has 2 aromatic carbocycles. The largest absolute Gasteiger partial charge is 0.494 e. The molecule has 0 aliphatic rings. The molecule has 2 aromatic rings. The maximum absolute atomic E-state index is 13.9. The van der Waals surface area contributed by atoms with E-state index in [9.17, 15) is 14.0 Å². The normalized spacial score (nSPS) is 10.3. The number of halogens is 2. The maximum Gasteiger partial charge on any atom is 0.341 e. The van der Waals surface area contributed by atoms with Crippen LogP contribution in [-0.2, 0) is 11.3 Å². The van der Waals surface area contributed by atoms with Gasteiger partial charge in [-0.05, 0) is 36.8 Å². The number of aliphatic carboxylic acids is 1. The van der Waals surface area contributed by atoms with Gasteiger partial charge in [0.05, 0.1) is 12.2 Å². The van der Waals surface area contributed by atoms with Crippen LogP contribution in [0.3, 0.4) is 0 Å². The molecule has 2 N–H and O–H groups in total. The van der Waals surface area contributed by atoms with Crippen molar-refractivity contribution < 1.29 is 28.6 Å². The number of rotatable bonds is 9. The van der Waals surface area contributed by atoms with E-state index in [1.54, 1.807) is 18.2 Å². The first-order chi connectivity index (χ1) is 12.9. The van der Waals surface area contributed by atoms with Crippen LogP contribution >= 0.6 is 15.9 Å². The molecule has 0 saturated carbocycles. The van der Waals surface area contributed by atoms with Gasteiger partial charge in [-0.3, -0.25) is 4.79 Å². The van der Waals surface area contributed by atoms with Crippen molar-refractivity contribution in [1.82, 2.24) is 5.32 Å². The lowest BCUT2D eigenvalue weighted by Crippen LogP contribution is -2.24. The van der Waals surface area contributed by atoms with Gasteiger partial charge in [0.2, 0.25) is 0 Å². The number of carbonyl (C=O) groups excluding carboxylic acids is 1. The van der Waals surface area contributed by atoms with E-state index in [1.807, 2.05) is 6.92 Å². The second-order valence-electron chi connectivity index (χ2n) is 5.61. The number of carboxylic acids is 1. The van der Waals surface area contributed by atoms with Gasteiger partial charge in [-0.1, -0.05) is 28.9 Å². The summed E-state index contributed by atoms with van der Waals surface area (Å²) in [7, 11) is 0. The summed E-state index contributed by atoms with van der Waals surface area (Å²) < 4.78 is 25.2. The van der Waals surface area contributed by atoms with Gasteiger partial charge in [-0.2, -0.15) is 0 Å². The van der Waals surface area contributed by atoms with Gasteiger partial charge in [-0.25, -0.2) is 9.18 Å². The number of amides is 1. The van der Waals surface area contributed by atoms with Crippen molar-refractivity contribution in [3.63, 3.8) is 0 Å². The quantitative estimate of drug-likeness (QED) is 0.620. The zero-order valence-corrected chi connectivity index (χ0v) is 16.2. The van der Waals surface area contributed by atoms with E-state index in [2.05, 4.69) is 21.2 Å². The first-order valence-corrected chi connectivity index (χ1v) is 9.03. The SMILES string of the molecule is CCCOc1ccc(OCC(=O)O)c(C(=O)NCc2ccc(Br)cc2F)c1. The number of benzene rings is 2. The Morgan fingerprint density at radius 1 is 1.19 bits per heavy atom. The molecule has 2 rings (SSSR count). The van der Waals surface area contributed by atoms with E-state index in [-0.39, 0.29) is 17.9 Å². The predicted molar refractivity (Wildman–Crippen MR) is 101 cm³/mol. The standard InChI is InChI=1S/C19H19BrFNO5/c1-2-7-26-14-5-6-17(27-11-18(23)24)15(9-14)19(25)22-10-12-3-4-13(20)8-16(12)21/h3-6,8-9H,2,7,10-11H2,1H3,(H,22,25)(H,23,24). The molecule has 0 saturated heterocycles. The highest BCUT2D eigenvalue weighted by molar-refractivity contribution is 9.10. The smallest absolute Gasteiger partial charge is 0.341 e. The molecule has 6 nitrogen and oxygen atoms in total. The van der Waals surface area contributed by atoms with Crippen molar-refractivity contribution in [3.05, 3.63) is 57.8 Å². The van der Waals surface area contributed by atoms with Gasteiger partial charge < -0.3 is 19.9 Å². The Hall–Kier alpha value is -2.61. The number of hydrogen-bond acceptors (Lipinski definition) is 4.